The van der Waals surface area contributed by atoms with Gasteiger partial charge in [-0.15, -0.1) is 0 Å². The molecule has 2 aromatic rings. The molecule has 0 unspecified atom stereocenters. The van der Waals surface area contributed by atoms with Gasteiger partial charge in [0.1, 0.15) is 5.82 Å². The summed E-state index contributed by atoms with van der Waals surface area (Å²) < 4.78 is 0. The number of nitrogens with one attached hydrogen (secondary N) is 1. The van der Waals surface area contributed by atoms with Gasteiger partial charge in [0.2, 0.25) is 18.1 Å². The van der Waals surface area contributed by atoms with Crippen molar-refractivity contribution in [3.63, 3.8) is 0 Å². The average molecular weight is 308 g/mol. The fourth-order valence-electron chi connectivity index (χ4n) is 3.10. The number of pyridine rings is 1. The van der Waals surface area contributed by atoms with Gasteiger partial charge in [-0.25, -0.2) is 4.98 Å². The monoisotopic (exact) mass is 308 g/mol. The lowest BCUT2D eigenvalue weighted by atomic mass is 9.69. The summed E-state index contributed by atoms with van der Waals surface area (Å²) in [5, 5.41) is 2.70. The lowest BCUT2D eigenvalue weighted by Gasteiger charge is -2.30. The largest absolute Gasteiger partial charge is 0.369 e. The molecule has 3 rings (SSSR count). The first kappa shape index (κ1) is 14.9. The summed E-state index contributed by atoms with van der Waals surface area (Å²) in [5.74, 6) is -1.40. The average Bonchev–Trinajstić information content (AvgIpc) is 2.80. The number of amides is 2. The van der Waals surface area contributed by atoms with Crippen LogP contribution in [0.2, 0.25) is 0 Å². The molecule has 6 nitrogen and oxygen atoms in total. The van der Waals surface area contributed by atoms with Gasteiger partial charge < -0.3 is 11.1 Å². The zero-order valence-electron chi connectivity index (χ0n) is 12.4. The van der Waals surface area contributed by atoms with Gasteiger partial charge in [-0.3, -0.25) is 14.4 Å². The van der Waals surface area contributed by atoms with Crippen LogP contribution in [0.25, 0.3) is 0 Å². The summed E-state index contributed by atoms with van der Waals surface area (Å²) in [6.45, 7) is 1.67. The van der Waals surface area contributed by atoms with E-state index in [1.54, 1.807) is 55.8 Å². The lowest BCUT2D eigenvalue weighted by molar-refractivity contribution is -0.128. The van der Waals surface area contributed by atoms with Crippen LogP contribution in [0, 0.1) is 0 Å². The lowest BCUT2D eigenvalue weighted by Crippen LogP contribution is -2.43. The van der Waals surface area contributed by atoms with Crippen molar-refractivity contribution < 1.29 is 14.4 Å². The molecule has 1 aromatic carbocycles. The summed E-state index contributed by atoms with van der Waals surface area (Å²) in [6, 6.07) is 9.77. The third-order valence-electron chi connectivity index (χ3n) is 4.29. The second kappa shape index (κ2) is 5.31. The van der Waals surface area contributed by atoms with E-state index in [1.807, 2.05) is 0 Å². The smallest absolute Gasteiger partial charge is 0.237 e. The van der Waals surface area contributed by atoms with Crippen LogP contribution in [0.1, 0.15) is 29.5 Å². The van der Waals surface area contributed by atoms with Crippen LogP contribution in [0.5, 0.6) is 0 Å². The number of primary amides is 1. The van der Waals surface area contributed by atoms with Gasteiger partial charge in [-0.05, 0) is 18.6 Å². The third-order valence-corrected chi connectivity index (χ3v) is 4.29. The van der Waals surface area contributed by atoms with Gasteiger partial charge in [0, 0.05) is 17.3 Å². The zero-order valence-corrected chi connectivity index (χ0v) is 12.4. The highest BCUT2D eigenvalue weighted by molar-refractivity contribution is 6.09. The Labute approximate surface area is 132 Å². The van der Waals surface area contributed by atoms with Crippen LogP contribution < -0.4 is 11.1 Å². The molecule has 1 aromatic heterocycles. The molecule has 23 heavy (non-hydrogen) atoms. The number of hydrogen-bond donors (Lipinski definition) is 2. The summed E-state index contributed by atoms with van der Waals surface area (Å²) in [6.07, 6.45) is 3.34. The molecule has 2 amide bonds. The van der Waals surface area contributed by atoms with E-state index in [0.717, 1.165) is 0 Å². The van der Waals surface area contributed by atoms with Crippen LogP contribution in [0.15, 0.2) is 42.6 Å². The van der Waals surface area contributed by atoms with Crippen molar-refractivity contribution in [3.8, 4) is 0 Å². The number of aromatic nitrogens is 1. The van der Waals surface area contributed by atoms with Gasteiger partial charge in [-0.2, -0.15) is 0 Å². The van der Waals surface area contributed by atoms with E-state index in [2.05, 4.69) is 10.3 Å². The van der Waals surface area contributed by atoms with Crippen LogP contribution >= 0.6 is 0 Å². The number of fused-ring (bicyclic) bond motifs is 1. The minimum atomic E-state index is -1.16. The SMILES string of the molecule is C[C@]1([C@H](C(N)=O)c2ccc([C]=O)cc2)C(=O)Nc2ncccc21. The highest BCUT2D eigenvalue weighted by Crippen LogP contribution is 2.46. The normalized spacial score (nSPS) is 20.5. The molecule has 0 aliphatic carbocycles. The third kappa shape index (κ3) is 2.19. The molecule has 1 aliphatic rings. The summed E-state index contributed by atoms with van der Waals surface area (Å²) in [5.41, 5.74) is 5.99. The van der Waals surface area contributed by atoms with E-state index in [0.29, 0.717) is 22.5 Å². The molecule has 0 saturated carbocycles. The number of carbonyl (C=O) groups is 2. The molecular formula is C17H14N3O3. The van der Waals surface area contributed by atoms with Crippen molar-refractivity contribution in [2.24, 2.45) is 5.73 Å². The number of hydrogen-bond acceptors (Lipinski definition) is 4. The number of nitrogens with zero attached hydrogens (tertiary/aromatic N) is 1. The van der Waals surface area contributed by atoms with E-state index in [-0.39, 0.29) is 5.91 Å². The van der Waals surface area contributed by atoms with Crippen LogP contribution in [0.3, 0.4) is 0 Å². The molecule has 1 radical (unpaired) electrons. The van der Waals surface area contributed by atoms with Crippen molar-refractivity contribution in [1.82, 2.24) is 4.98 Å². The molecule has 2 heterocycles. The van der Waals surface area contributed by atoms with Crippen molar-refractivity contribution in [2.45, 2.75) is 18.3 Å². The first-order valence-electron chi connectivity index (χ1n) is 7.03. The van der Waals surface area contributed by atoms with Gasteiger partial charge in [-0.1, -0.05) is 30.3 Å². The van der Waals surface area contributed by atoms with E-state index in [1.165, 1.54) is 0 Å². The van der Waals surface area contributed by atoms with Crippen LogP contribution in [0.4, 0.5) is 5.82 Å². The quantitative estimate of drug-likeness (QED) is 0.880. The Morgan fingerprint density at radius 1 is 1.30 bits per heavy atom. The highest BCUT2D eigenvalue weighted by atomic mass is 16.2. The second-order valence-electron chi connectivity index (χ2n) is 5.62. The van der Waals surface area contributed by atoms with Crippen LogP contribution in [-0.2, 0) is 19.8 Å². The van der Waals surface area contributed by atoms with Crippen molar-refractivity contribution in [2.75, 3.05) is 5.32 Å². The fraction of sp³-hybridized carbons (Fsp3) is 0.176. The van der Waals surface area contributed by atoms with Gasteiger partial charge >= 0.3 is 0 Å². The molecule has 0 bridgehead atoms. The predicted molar refractivity (Wildman–Crippen MR) is 83.4 cm³/mol. The highest BCUT2D eigenvalue weighted by Gasteiger charge is 2.52. The molecule has 2 atom stereocenters. The Balaban J connectivity index is 2.16. The Kier molecular flexibility index (Phi) is 3.44. The number of benzene rings is 1. The van der Waals surface area contributed by atoms with Gasteiger partial charge in [0.15, 0.2) is 0 Å². The molecule has 1 aliphatic heterocycles. The summed E-state index contributed by atoms with van der Waals surface area (Å²) in [7, 11) is 0. The predicted octanol–water partition coefficient (Wildman–Crippen LogP) is 1.02. The van der Waals surface area contributed by atoms with E-state index in [4.69, 9.17) is 5.73 Å². The van der Waals surface area contributed by atoms with Gasteiger partial charge in [0.25, 0.3) is 0 Å². The Hall–Kier alpha value is -3.02. The number of rotatable bonds is 4. The minimum Gasteiger partial charge on any atom is -0.369 e. The molecule has 115 valence electrons. The first-order chi connectivity index (χ1) is 11.0. The van der Waals surface area contributed by atoms with Crippen molar-refractivity contribution >= 4 is 23.9 Å². The Morgan fingerprint density at radius 2 is 2.00 bits per heavy atom. The summed E-state index contributed by atoms with van der Waals surface area (Å²) in [4.78, 5) is 39.5. The molecule has 3 N–H and O–H groups in total. The zero-order chi connectivity index (χ0) is 16.6. The van der Waals surface area contributed by atoms with E-state index < -0.39 is 17.2 Å². The minimum absolute atomic E-state index is 0.332. The second-order valence-corrected chi connectivity index (χ2v) is 5.62. The van der Waals surface area contributed by atoms with Crippen LogP contribution in [-0.4, -0.2) is 23.1 Å². The maximum Gasteiger partial charge on any atom is 0.237 e. The topological polar surface area (TPSA) is 102 Å². The fourth-order valence-corrected chi connectivity index (χ4v) is 3.10. The maximum absolute atomic E-state index is 12.6. The summed E-state index contributed by atoms with van der Waals surface area (Å²) >= 11 is 0. The maximum atomic E-state index is 12.6. The van der Waals surface area contributed by atoms with Crippen molar-refractivity contribution in [3.05, 3.63) is 59.3 Å². The molecule has 0 saturated heterocycles. The van der Waals surface area contributed by atoms with Gasteiger partial charge in [0.05, 0.1) is 11.3 Å². The molecule has 0 fully saturated rings. The molecular weight excluding hydrogens is 294 g/mol. The first-order valence-corrected chi connectivity index (χ1v) is 7.03. The Morgan fingerprint density at radius 3 is 2.61 bits per heavy atom. The Bertz CT molecular complexity index is 801. The van der Waals surface area contributed by atoms with E-state index in [9.17, 15) is 14.4 Å². The van der Waals surface area contributed by atoms with E-state index >= 15 is 0 Å². The molecule has 0 spiro atoms. The number of carbonyl (C=O) groups excluding carboxylic acids is 3. The number of anilines is 1. The number of nitrogens with two attached hydrogens (primary N) is 1. The van der Waals surface area contributed by atoms with Crippen molar-refractivity contribution in [1.29, 1.82) is 0 Å². The molecule has 6 heteroatoms. The standard InChI is InChI=1S/C17H14N3O3/c1-17(12-3-2-8-19-15(12)20-16(17)23)13(14(18)22)11-6-4-10(9-21)5-7-11/h2-8,13H,1H3,(H2,18,22)(H,19,20,23)/t13-,17-/m0/s1.